The quantitative estimate of drug-likeness (QED) is 0.511. The predicted octanol–water partition coefficient (Wildman–Crippen LogP) is 4.54. The molecular weight excluding hydrogens is 396 g/mol. The number of nitrogens with zero attached hydrogens (tertiary/aromatic N) is 3. The van der Waals surface area contributed by atoms with Gasteiger partial charge < -0.3 is 10.1 Å². The Balaban J connectivity index is 1.73. The molecule has 0 spiro atoms. The van der Waals surface area contributed by atoms with Gasteiger partial charge in [-0.2, -0.15) is 0 Å². The Labute approximate surface area is 182 Å². The summed E-state index contributed by atoms with van der Waals surface area (Å²) in [5.74, 6) is 1.46. The van der Waals surface area contributed by atoms with Crippen molar-refractivity contribution in [1.82, 2.24) is 20.1 Å². The van der Waals surface area contributed by atoms with Gasteiger partial charge in [0.1, 0.15) is 6.61 Å². The van der Waals surface area contributed by atoms with Crippen LogP contribution in [0.4, 0.5) is 0 Å². The van der Waals surface area contributed by atoms with E-state index in [2.05, 4.69) is 53.6 Å². The maximum atomic E-state index is 12.2. The number of hydrogen-bond acceptors (Lipinski definition) is 5. The lowest BCUT2D eigenvalue weighted by Crippen LogP contribution is -2.31. The van der Waals surface area contributed by atoms with Crippen molar-refractivity contribution in [2.75, 3.05) is 7.11 Å². The third-order valence-corrected chi connectivity index (χ3v) is 5.84. The van der Waals surface area contributed by atoms with E-state index in [9.17, 15) is 4.79 Å². The Hall–Kier alpha value is -2.64. The summed E-state index contributed by atoms with van der Waals surface area (Å²) >= 11 is 1.61. The fourth-order valence-electron chi connectivity index (χ4n) is 2.88. The number of amides is 1. The molecule has 1 atom stereocenters. The molecule has 0 saturated carbocycles. The van der Waals surface area contributed by atoms with Crippen LogP contribution in [0.25, 0.3) is 5.69 Å². The monoisotopic (exact) mass is 424 g/mol. The molecule has 158 valence electrons. The first-order valence-corrected chi connectivity index (χ1v) is 11.0. The average Bonchev–Trinajstić information content (AvgIpc) is 3.16. The SMILES string of the molecule is CC[C@@H](C)NC(=O)c1ccc(CSc2nnc(COC)n2-c2ccc(C)cc2)cc1. The minimum atomic E-state index is -0.0353. The molecule has 3 rings (SSSR count). The van der Waals surface area contributed by atoms with Crippen molar-refractivity contribution in [2.24, 2.45) is 0 Å². The topological polar surface area (TPSA) is 69.0 Å². The third kappa shape index (κ3) is 5.49. The number of aryl methyl sites for hydroxylation is 1. The van der Waals surface area contributed by atoms with E-state index >= 15 is 0 Å². The van der Waals surface area contributed by atoms with E-state index in [1.165, 1.54) is 5.56 Å². The molecule has 0 fully saturated rings. The van der Waals surface area contributed by atoms with Gasteiger partial charge in [-0.15, -0.1) is 10.2 Å². The van der Waals surface area contributed by atoms with Gasteiger partial charge in [-0.05, 0) is 50.1 Å². The number of nitrogens with one attached hydrogen (secondary N) is 1. The van der Waals surface area contributed by atoms with Crippen LogP contribution in [0, 0.1) is 6.92 Å². The molecule has 3 aromatic rings. The molecule has 6 nitrogen and oxygen atoms in total. The summed E-state index contributed by atoms with van der Waals surface area (Å²) in [6, 6.07) is 16.2. The number of benzene rings is 2. The predicted molar refractivity (Wildman–Crippen MR) is 120 cm³/mol. The van der Waals surface area contributed by atoms with E-state index in [4.69, 9.17) is 4.74 Å². The van der Waals surface area contributed by atoms with Gasteiger partial charge in [-0.3, -0.25) is 9.36 Å². The van der Waals surface area contributed by atoms with Gasteiger partial charge in [0.25, 0.3) is 5.91 Å². The summed E-state index contributed by atoms with van der Waals surface area (Å²) in [7, 11) is 1.65. The Morgan fingerprint density at radius 3 is 2.47 bits per heavy atom. The van der Waals surface area contributed by atoms with Gasteiger partial charge in [0.2, 0.25) is 0 Å². The van der Waals surface area contributed by atoms with Gasteiger partial charge in [-0.1, -0.05) is 48.5 Å². The molecule has 0 aliphatic heterocycles. The van der Waals surface area contributed by atoms with Gasteiger partial charge in [-0.25, -0.2) is 0 Å². The number of carbonyl (C=O) groups excluding carboxylic acids is 1. The van der Waals surface area contributed by atoms with E-state index in [0.29, 0.717) is 12.2 Å². The fourth-order valence-corrected chi connectivity index (χ4v) is 3.81. The van der Waals surface area contributed by atoms with Crippen molar-refractivity contribution in [1.29, 1.82) is 0 Å². The average molecular weight is 425 g/mol. The fraction of sp³-hybridized carbons (Fsp3) is 0.348. The van der Waals surface area contributed by atoms with E-state index in [1.807, 2.05) is 35.8 Å². The molecule has 0 aliphatic carbocycles. The lowest BCUT2D eigenvalue weighted by Gasteiger charge is -2.12. The summed E-state index contributed by atoms with van der Waals surface area (Å²) in [5.41, 5.74) is 4.00. The van der Waals surface area contributed by atoms with Crippen LogP contribution in [-0.4, -0.2) is 33.8 Å². The van der Waals surface area contributed by atoms with Crippen molar-refractivity contribution < 1.29 is 9.53 Å². The van der Waals surface area contributed by atoms with Crippen LogP contribution >= 0.6 is 11.8 Å². The number of hydrogen-bond donors (Lipinski definition) is 1. The highest BCUT2D eigenvalue weighted by Crippen LogP contribution is 2.26. The summed E-state index contributed by atoms with van der Waals surface area (Å²) in [4.78, 5) is 12.2. The Morgan fingerprint density at radius 1 is 1.13 bits per heavy atom. The normalized spacial score (nSPS) is 12.0. The number of rotatable bonds is 9. The third-order valence-electron chi connectivity index (χ3n) is 4.84. The maximum absolute atomic E-state index is 12.2. The molecule has 1 amide bonds. The molecule has 7 heteroatoms. The molecule has 1 heterocycles. The number of thioether (sulfide) groups is 1. The minimum absolute atomic E-state index is 0.0353. The van der Waals surface area contributed by atoms with E-state index in [-0.39, 0.29) is 11.9 Å². The van der Waals surface area contributed by atoms with Gasteiger partial charge in [0, 0.05) is 30.2 Å². The largest absolute Gasteiger partial charge is 0.377 e. The van der Waals surface area contributed by atoms with Crippen molar-refractivity contribution in [3.63, 3.8) is 0 Å². The van der Waals surface area contributed by atoms with Gasteiger partial charge in [0.05, 0.1) is 0 Å². The molecule has 0 aliphatic rings. The number of methoxy groups -OCH3 is 1. The second kappa shape index (κ2) is 10.4. The highest BCUT2D eigenvalue weighted by molar-refractivity contribution is 7.98. The van der Waals surface area contributed by atoms with Crippen LogP contribution in [0.15, 0.2) is 53.7 Å². The minimum Gasteiger partial charge on any atom is -0.377 e. The smallest absolute Gasteiger partial charge is 0.251 e. The van der Waals surface area contributed by atoms with Gasteiger partial charge >= 0.3 is 0 Å². The standard InChI is InChI=1S/C23H28N4O2S/c1-5-17(3)24-22(28)19-10-8-18(9-11-19)15-30-23-26-25-21(14-29-4)27(23)20-12-6-16(2)7-13-20/h6-13,17H,5,14-15H2,1-4H3,(H,24,28)/t17-/m1/s1. The van der Waals surface area contributed by atoms with Crippen LogP contribution in [0.3, 0.4) is 0 Å². The molecule has 0 bridgehead atoms. The van der Waals surface area contributed by atoms with Crippen molar-refractivity contribution in [2.45, 2.75) is 50.8 Å². The first kappa shape index (κ1) is 22.1. The lowest BCUT2D eigenvalue weighted by atomic mass is 10.1. The van der Waals surface area contributed by atoms with Crippen LogP contribution in [-0.2, 0) is 17.1 Å². The van der Waals surface area contributed by atoms with Crippen molar-refractivity contribution >= 4 is 17.7 Å². The summed E-state index contributed by atoms with van der Waals surface area (Å²) in [6.07, 6.45) is 0.910. The highest BCUT2D eigenvalue weighted by Gasteiger charge is 2.15. The Kier molecular flexibility index (Phi) is 7.65. The summed E-state index contributed by atoms with van der Waals surface area (Å²) in [5, 5.41) is 12.5. The highest BCUT2D eigenvalue weighted by atomic mass is 32.2. The molecule has 1 aromatic heterocycles. The molecule has 2 aromatic carbocycles. The molecular formula is C23H28N4O2S. The van der Waals surface area contributed by atoms with E-state index < -0.39 is 0 Å². The van der Waals surface area contributed by atoms with Crippen LogP contribution in [0.5, 0.6) is 0 Å². The molecule has 0 radical (unpaired) electrons. The molecule has 30 heavy (non-hydrogen) atoms. The van der Waals surface area contributed by atoms with Gasteiger partial charge in [0.15, 0.2) is 11.0 Å². The zero-order valence-corrected chi connectivity index (χ0v) is 18.7. The number of ether oxygens (including phenoxy) is 1. The first-order chi connectivity index (χ1) is 14.5. The number of aromatic nitrogens is 3. The Bertz CT molecular complexity index is 968. The zero-order valence-electron chi connectivity index (χ0n) is 17.9. The van der Waals surface area contributed by atoms with E-state index in [1.54, 1.807) is 18.9 Å². The molecule has 0 saturated heterocycles. The number of carbonyl (C=O) groups is 1. The molecule has 1 N–H and O–H groups in total. The van der Waals surface area contributed by atoms with Crippen molar-refractivity contribution in [3.05, 3.63) is 71.0 Å². The second-order valence-electron chi connectivity index (χ2n) is 7.27. The van der Waals surface area contributed by atoms with Crippen LogP contribution in [0.2, 0.25) is 0 Å². The molecule has 0 unspecified atom stereocenters. The lowest BCUT2D eigenvalue weighted by molar-refractivity contribution is 0.0939. The van der Waals surface area contributed by atoms with Crippen LogP contribution in [0.1, 0.15) is 47.6 Å². The Morgan fingerprint density at radius 2 is 1.83 bits per heavy atom. The summed E-state index contributed by atoms with van der Waals surface area (Å²) in [6.45, 7) is 6.51. The summed E-state index contributed by atoms with van der Waals surface area (Å²) < 4.78 is 7.32. The first-order valence-electron chi connectivity index (χ1n) is 10.0. The van der Waals surface area contributed by atoms with E-state index in [0.717, 1.165) is 34.4 Å². The maximum Gasteiger partial charge on any atom is 0.251 e. The van der Waals surface area contributed by atoms with Crippen LogP contribution < -0.4 is 5.32 Å². The zero-order chi connectivity index (χ0) is 21.5. The van der Waals surface area contributed by atoms with Crippen molar-refractivity contribution in [3.8, 4) is 5.69 Å². The second-order valence-corrected chi connectivity index (χ2v) is 8.21.